The van der Waals surface area contributed by atoms with Gasteiger partial charge in [-0.05, 0) is 60.1 Å². The van der Waals surface area contributed by atoms with Crippen molar-refractivity contribution in [3.8, 4) is 5.75 Å². The first-order valence-corrected chi connectivity index (χ1v) is 10.7. The van der Waals surface area contributed by atoms with E-state index in [0.717, 1.165) is 33.2 Å². The summed E-state index contributed by atoms with van der Waals surface area (Å²) in [4.78, 5) is 19.3. The van der Waals surface area contributed by atoms with Crippen molar-refractivity contribution in [2.45, 2.75) is 19.9 Å². The topological polar surface area (TPSA) is 79.0 Å². The molecule has 0 aliphatic heterocycles. The van der Waals surface area contributed by atoms with E-state index in [9.17, 15) is 4.79 Å². The number of anilines is 1. The Labute approximate surface area is 180 Å². The van der Waals surface area contributed by atoms with Gasteiger partial charge in [0.25, 0.3) is 5.56 Å². The number of halogens is 2. The number of aromatic nitrogens is 2. The van der Waals surface area contributed by atoms with Gasteiger partial charge in [0.05, 0.1) is 22.0 Å². The summed E-state index contributed by atoms with van der Waals surface area (Å²) in [7, 11) is 0. The van der Waals surface area contributed by atoms with Gasteiger partial charge in [0, 0.05) is 23.1 Å². The maximum Gasteiger partial charge on any atom is 0.260 e. The summed E-state index contributed by atoms with van der Waals surface area (Å²) in [5.74, 6) is 1.37. The molecule has 0 saturated carbocycles. The number of benzene rings is 2. The van der Waals surface area contributed by atoms with Crippen molar-refractivity contribution in [1.82, 2.24) is 15.3 Å². The average molecular weight is 510 g/mol. The molecular formula is C20H22Br2N4O2. The number of nitrogens with zero attached hydrogens (tertiary/aromatic N) is 1. The van der Waals surface area contributed by atoms with Crippen LogP contribution in [0.15, 0.2) is 50.1 Å². The summed E-state index contributed by atoms with van der Waals surface area (Å²) < 4.78 is 7.69. The number of hydrogen-bond donors (Lipinski definition) is 3. The van der Waals surface area contributed by atoms with Crippen LogP contribution in [0.5, 0.6) is 5.75 Å². The third kappa shape index (κ3) is 5.33. The lowest BCUT2D eigenvalue weighted by Gasteiger charge is -2.14. The summed E-state index contributed by atoms with van der Waals surface area (Å²) in [6.45, 7) is 4.82. The molecule has 3 rings (SSSR count). The summed E-state index contributed by atoms with van der Waals surface area (Å²) >= 11 is 7.07. The van der Waals surface area contributed by atoms with Crippen molar-refractivity contribution < 1.29 is 4.74 Å². The van der Waals surface area contributed by atoms with E-state index in [1.54, 1.807) is 6.07 Å². The largest absolute Gasteiger partial charge is 0.492 e. The third-order valence-corrected chi connectivity index (χ3v) is 5.17. The first-order valence-electron chi connectivity index (χ1n) is 9.13. The van der Waals surface area contributed by atoms with Crippen LogP contribution in [-0.4, -0.2) is 29.7 Å². The van der Waals surface area contributed by atoms with E-state index in [1.165, 1.54) is 0 Å². The Hall–Kier alpha value is -1.90. The van der Waals surface area contributed by atoms with E-state index in [0.29, 0.717) is 36.5 Å². The zero-order valence-corrected chi connectivity index (χ0v) is 18.7. The molecule has 0 amide bonds. The molecule has 0 aliphatic rings. The second-order valence-electron chi connectivity index (χ2n) is 6.20. The molecule has 148 valence electrons. The lowest BCUT2D eigenvalue weighted by atomic mass is 10.2. The van der Waals surface area contributed by atoms with Crippen LogP contribution in [0, 0.1) is 0 Å². The highest BCUT2D eigenvalue weighted by Crippen LogP contribution is 2.32. The zero-order chi connectivity index (χ0) is 19.9. The van der Waals surface area contributed by atoms with Crippen molar-refractivity contribution in [3.63, 3.8) is 0 Å². The van der Waals surface area contributed by atoms with Gasteiger partial charge >= 0.3 is 0 Å². The van der Waals surface area contributed by atoms with E-state index in [-0.39, 0.29) is 5.56 Å². The lowest BCUT2D eigenvalue weighted by molar-refractivity contribution is 0.333. The number of rotatable bonds is 9. The highest BCUT2D eigenvalue weighted by Gasteiger charge is 2.09. The molecule has 1 heterocycles. The normalized spacial score (nSPS) is 11.0. The molecule has 8 heteroatoms. The fourth-order valence-electron chi connectivity index (χ4n) is 2.86. The molecule has 0 radical (unpaired) electrons. The number of ether oxygens (including phenoxy) is 1. The zero-order valence-electron chi connectivity index (χ0n) is 15.5. The molecule has 0 aliphatic carbocycles. The number of H-pyrrole nitrogens is 1. The first kappa shape index (κ1) is 20.8. The third-order valence-electron chi connectivity index (χ3n) is 4.13. The molecule has 6 nitrogen and oxygen atoms in total. The molecule has 0 fully saturated rings. The molecule has 0 spiro atoms. The SMILES string of the molecule is CCOc1c(Br)cc(Br)cc1CNCCCNc1nc2ccccc2c(=O)[nH]1. The van der Waals surface area contributed by atoms with Crippen LogP contribution in [-0.2, 0) is 6.54 Å². The predicted octanol–water partition coefficient (Wildman–Crippen LogP) is 4.44. The molecular weight excluding hydrogens is 488 g/mol. The molecule has 28 heavy (non-hydrogen) atoms. The number of hydrogen-bond acceptors (Lipinski definition) is 5. The maximum absolute atomic E-state index is 12.1. The van der Waals surface area contributed by atoms with Crippen LogP contribution in [0.2, 0.25) is 0 Å². The van der Waals surface area contributed by atoms with Gasteiger partial charge in [0.1, 0.15) is 5.75 Å². The van der Waals surface area contributed by atoms with Crippen LogP contribution < -0.4 is 20.9 Å². The van der Waals surface area contributed by atoms with E-state index < -0.39 is 0 Å². The van der Waals surface area contributed by atoms with E-state index in [1.807, 2.05) is 31.2 Å². The van der Waals surface area contributed by atoms with Crippen LogP contribution in [0.25, 0.3) is 10.9 Å². The summed E-state index contributed by atoms with van der Waals surface area (Å²) in [6, 6.07) is 11.4. The van der Waals surface area contributed by atoms with E-state index in [4.69, 9.17) is 4.74 Å². The quantitative estimate of drug-likeness (QED) is 0.372. The van der Waals surface area contributed by atoms with E-state index in [2.05, 4.69) is 58.5 Å². The summed E-state index contributed by atoms with van der Waals surface area (Å²) in [5, 5.41) is 7.21. The Morgan fingerprint density at radius 1 is 1.18 bits per heavy atom. The van der Waals surface area contributed by atoms with Gasteiger partial charge in [-0.15, -0.1) is 0 Å². The predicted molar refractivity (Wildman–Crippen MR) is 120 cm³/mol. The average Bonchev–Trinajstić information content (AvgIpc) is 2.67. The Balaban J connectivity index is 1.49. The van der Waals surface area contributed by atoms with Crippen LogP contribution in [0.3, 0.4) is 0 Å². The molecule has 0 saturated heterocycles. The monoisotopic (exact) mass is 508 g/mol. The van der Waals surface area contributed by atoms with Crippen LogP contribution in [0.4, 0.5) is 5.95 Å². The standard InChI is InChI=1S/C20H22Br2N4O2/c1-2-28-18-13(10-14(21)11-16(18)22)12-23-8-5-9-24-20-25-17-7-4-3-6-15(17)19(27)26-20/h3-4,6-7,10-11,23H,2,5,8-9,12H2,1H3,(H2,24,25,26,27). The first-order chi connectivity index (χ1) is 13.6. The van der Waals surface area contributed by atoms with Crippen LogP contribution in [0.1, 0.15) is 18.9 Å². The molecule has 3 N–H and O–H groups in total. The van der Waals surface area contributed by atoms with Gasteiger partial charge in [0.15, 0.2) is 0 Å². The van der Waals surface area contributed by atoms with Crippen LogP contribution >= 0.6 is 31.9 Å². The molecule has 0 unspecified atom stereocenters. The minimum absolute atomic E-state index is 0.130. The Bertz CT molecular complexity index is 1010. The molecule has 0 atom stereocenters. The van der Waals surface area contributed by atoms with E-state index >= 15 is 0 Å². The highest BCUT2D eigenvalue weighted by molar-refractivity contribution is 9.11. The van der Waals surface area contributed by atoms with Crippen molar-refractivity contribution in [2.24, 2.45) is 0 Å². The molecule has 3 aromatic rings. The second-order valence-corrected chi connectivity index (χ2v) is 7.97. The van der Waals surface area contributed by atoms with Gasteiger partial charge in [-0.25, -0.2) is 4.98 Å². The number of nitrogens with one attached hydrogen (secondary N) is 3. The van der Waals surface area contributed by atoms with Crippen molar-refractivity contribution in [1.29, 1.82) is 0 Å². The maximum atomic E-state index is 12.1. The molecule has 2 aromatic carbocycles. The van der Waals surface area contributed by atoms with Gasteiger partial charge in [-0.1, -0.05) is 28.1 Å². The van der Waals surface area contributed by atoms with Gasteiger partial charge in [-0.3, -0.25) is 9.78 Å². The Kier molecular flexibility index (Phi) is 7.47. The molecule has 0 bridgehead atoms. The Morgan fingerprint density at radius 3 is 2.82 bits per heavy atom. The van der Waals surface area contributed by atoms with Gasteiger partial charge < -0.3 is 15.4 Å². The fourth-order valence-corrected chi connectivity index (χ4v) is 4.29. The fraction of sp³-hybridized carbons (Fsp3) is 0.300. The minimum Gasteiger partial charge on any atom is -0.492 e. The minimum atomic E-state index is -0.130. The summed E-state index contributed by atoms with van der Waals surface area (Å²) in [6.07, 6.45) is 0.885. The highest BCUT2D eigenvalue weighted by atomic mass is 79.9. The smallest absolute Gasteiger partial charge is 0.260 e. The number of fused-ring (bicyclic) bond motifs is 1. The summed E-state index contributed by atoms with van der Waals surface area (Å²) in [5.41, 5.74) is 1.65. The molecule has 1 aromatic heterocycles. The second kappa shape index (κ2) is 10.0. The number of aromatic amines is 1. The lowest BCUT2D eigenvalue weighted by Crippen LogP contribution is -2.20. The van der Waals surface area contributed by atoms with Gasteiger partial charge in [0.2, 0.25) is 5.95 Å². The van der Waals surface area contributed by atoms with Crippen molar-refractivity contribution in [3.05, 3.63) is 61.3 Å². The van der Waals surface area contributed by atoms with Gasteiger partial charge in [-0.2, -0.15) is 0 Å². The number of para-hydroxylation sites is 1. The van der Waals surface area contributed by atoms with Crippen molar-refractivity contribution >= 4 is 48.7 Å². The Morgan fingerprint density at radius 2 is 2.00 bits per heavy atom. The van der Waals surface area contributed by atoms with Crippen molar-refractivity contribution in [2.75, 3.05) is 25.0 Å².